The van der Waals surface area contributed by atoms with E-state index in [1.807, 2.05) is 11.1 Å². The number of hydrogen-bond acceptors (Lipinski definition) is 3. The van der Waals surface area contributed by atoms with Crippen molar-refractivity contribution in [2.24, 2.45) is 5.92 Å². The van der Waals surface area contributed by atoms with Gasteiger partial charge < -0.3 is 19.5 Å². The molecule has 23 heavy (non-hydrogen) atoms. The third-order valence-electron chi connectivity index (χ3n) is 4.88. The number of carbonyl (C=O) groups is 1. The van der Waals surface area contributed by atoms with Gasteiger partial charge in [0.2, 0.25) is 0 Å². The van der Waals surface area contributed by atoms with E-state index in [0.717, 1.165) is 58.7 Å². The summed E-state index contributed by atoms with van der Waals surface area (Å²) in [7, 11) is 0. The van der Waals surface area contributed by atoms with Crippen LogP contribution >= 0.6 is 0 Å². The van der Waals surface area contributed by atoms with Gasteiger partial charge in [-0.3, -0.25) is 0 Å². The molecule has 0 radical (unpaired) electrons. The molecule has 6 nitrogen and oxygen atoms in total. The van der Waals surface area contributed by atoms with Gasteiger partial charge in [0.05, 0.1) is 0 Å². The van der Waals surface area contributed by atoms with Gasteiger partial charge in [0, 0.05) is 63.1 Å². The molecule has 2 aliphatic rings. The number of nitrogens with one attached hydrogen (secondary N) is 1. The van der Waals surface area contributed by atoms with Crippen LogP contribution < -0.4 is 5.32 Å². The maximum Gasteiger partial charge on any atom is 0.317 e. The largest absolute Gasteiger partial charge is 0.381 e. The van der Waals surface area contributed by atoms with Crippen LogP contribution in [0.15, 0.2) is 6.20 Å². The minimum Gasteiger partial charge on any atom is -0.381 e. The zero-order valence-corrected chi connectivity index (χ0v) is 14.3. The summed E-state index contributed by atoms with van der Waals surface area (Å²) in [6.07, 6.45) is 5.08. The number of ether oxygens (including phenoxy) is 1. The third kappa shape index (κ3) is 3.68. The molecular weight excluding hydrogens is 292 g/mol. The SMILES string of the molecule is CCCNC(=O)N1CC(Cn2c(C)cnc2C2CCOCC2)C1. The van der Waals surface area contributed by atoms with Crippen LogP contribution in [0.2, 0.25) is 0 Å². The van der Waals surface area contributed by atoms with Crippen molar-refractivity contribution < 1.29 is 9.53 Å². The van der Waals surface area contributed by atoms with Crippen LogP contribution in [0.25, 0.3) is 0 Å². The quantitative estimate of drug-likeness (QED) is 0.904. The van der Waals surface area contributed by atoms with E-state index < -0.39 is 0 Å². The summed E-state index contributed by atoms with van der Waals surface area (Å²) < 4.78 is 7.83. The fraction of sp³-hybridized carbons (Fsp3) is 0.765. The number of hydrogen-bond donors (Lipinski definition) is 1. The van der Waals surface area contributed by atoms with Crippen molar-refractivity contribution in [1.29, 1.82) is 0 Å². The van der Waals surface area contributed by atoms with Gasteiger partial charge in [0.15, 0.2) is 0 Å². The molecule has 0 atom stereocenters. The normalized spacial score (nSPS) is 19.7. The van der Waals surface area contributed by atoms with Crippen LogP contribution in [0.3, 0.4) is 0 Å². The summed E-state index contributed by atoms with van der Waals surface area (Å²) in [5.74, 6) is 2.26. The van der Waals surface area contributed by atoms with Gasteiger partial charge in [0.1, 0.15) is 5.82 Å². The molecule has 3 heterocycles. The number of carbonyl (C=O) groups excluding carboxylic acids is 1. The predicted molar refractivity (Wildman–Crippen MR) is 88.5 cm³/mol. The number of aryl methyl sites for hydroxylation is 1. The summed E-state index contributed by atoms with van der Waals surface area (Å²) in [6.45, 7) is 9.29. The van der Waals surface area contributed by atoms with Gasteiger partial charge in [-0.15, -0.1) is 0 Å². The van der Waals surface area contributed by atoms with Crippen molar-refractivity contribution in [2.45, 2.75) is 45.6 Å². The second-order valence-corrected chi connectivity index (χ2v) is 6.76. The summed E-state index contributed by atoms with van der Waals surface area (Å²) in [4.78, 5) is 18.5. The number of rotatable bonds is 5. The molecule has 2 fully saturated rings. The predicted octanol–water partition coefficient (Wildman–Crippen LogP) is 2.14. The Bertz CT molecular complexity index is 531. The first-order valence-electron chi connectivity index (χ1n) is 8.81. The third-order valence-corrected chi connectivity index (χ3v) is 4.88. The van der Waals surface area contributed by atoms with Crippen molar-refractivity contribution >= 4 is 6.03 Å². The average Bonchev–Trinajstić information content (AvgIpc) is 2.89. The van der Waals surface area contributed by atoms with Crippen molar-refractivity contribution in [3.8, 4) is 0 Å². The minimum atomic E-state index is 0.0788. The standard InChI is InChI=1S/C17H28N4O2/c1-3-6-18-17(22)20-10-14(11-20)12-21-13(2)9-19-16(21)15-4-7-23-8-5-15/h9,14-15H,3-8,10-12H2,1-2H3,(H,18,22). The van der Waals surface area contributed by atoms with E-state index >= 15 is 0 Å². The lowest BCUT2D eigenvalue weighted by Gasteiger charge is -2.40. The van der Waals surface area contributed by atoms with Crippen molar-refractivity contribution in [3.05, 3.63) is 17.7 Å². The highest BCUT2D eigenvalue weighted by atomic mass is 16.5. The van der Waals surface area contributed by atoms with Crippen LogP contribution in [0, 0.1) is 12.8 Å². The molecule has 0 saturated carbocycles. The van der Waals surface area contributed by atoms with E-state index in [1.54, 1.807) is 0 Å². The number of amides is 2. The van der Waals surface area contributed by atoms with Gasteiger partial charge in [-0.25, -0.2) is 9.78 Å². The Morgan fingerprint density at radius 3 is 2.83 bits per heavy atom. The minimum absolute atomic E-state index is 0.0788. The van der Waals surface area contributed by atoms with E-state index in [-0.39, 0.29) is 6.03 Å². The number of likely N-dealkylation sites (tertiary alicyclic amines) is 1. The Labute approximate surface area is 138 Å². The summed E-state index contributed by atoms with van der Waals surface area (Å²) in [6, 6.07) is 0.0788. The number of aromatic nitrogens is 2. The second kappa shape index (κ2) is 7.34. The maximum absolute atomic E-state index is 11.9. The molecule has 0 aromatic carbocycles. The first kappa shape index (κ1) is 16.3. The second-order valence-electron chi connectivity index (χ2n) is 6.76. The van der Waals surface area contributed by atoms with Gasteiger partial charge in [-0.05, 0) is 26.2 Å². The molecule has 2 saturated heterocycles. The number of urea groups is 1. The fourth-order valence-electron chi connectivity index (χ4n) is 3.45. The molecule has 2 aliphatic heterocycles. The molecule has 3 rings (SSSR count). The Morgan fingerprint density at radius 2 is 2.13 bits per heavy atom. The molecule has 6 heteroatoms. The van der Waals surface area contributed by atoms with Crippen molar-refractivity contribution in [3.63, 3.8) is 0 Å². The highest BCUT2D eigenvalue weighted by molar-refractivity contribution is 5.74. The van der Waals surface area contributed by atoms with Crippen LogP contribution in [0.1, 0.15) is 43.6 Å². The van der Waals surface area contributed by atoms with E-state index in [4.69, 9.17) is 4.74 Å². The lowest BCUT2D eigenvalue weighted by Crippen LogP contribution is -2.55. The zero-order valence-electron chi connectivity index (χ0n) is 14.3. The van der Waals surface area contributed by atoms with Crippen LogP contribution in [-0.2, 0) is 11.3 Å². The highest BCUT2D eigenvalue weighted by Crippen LogP contribution is 2.28. The number of nitrogens with zero attached hydrogens (tertiary/aromatic N) is 3. The van der Waals surface area contributed by atoms with Gasteiger partial charge in [-0.1, -0.05) is 6.92 Å². The van der Waals surface area contributed by atoms with Crippen molar-refractivity contribution in [1.82, 2.24) is 19.8 Å². The van der Waals surface area contributed by atoms with E-state index in [9.17, 15) is 4.79 Å². The molecule has 1 aromatic rings. The van der Waals surface area contributed by atoms with Crippen LogP contribution in [0.4, 0.5) is 4.79 Å². The molecule has 128 valence electrons. The van der Waals surface area contributed by atoms with Gasteiger partial charge in [-0.2, -0.15) is 0 Å². The Hall–Kier alpha value is -1.56. The molecule has 1 N–H and O–H groups in total. The van der Waals surface area contributed by atoms with Gasteiger partial charge in [0.25, 0.3) is 0 Å². The maximum atomic E-state index is 11.9. The fourth-order valence-corrected chi connectivity index (χ4v) is 3.45. The van der Waals surface area contributed by atoms with Gasteiger partial charge >= 0.3 is 6.03 Å². The highest BCUT2D eigenvalue weighted by Gasteiger charge is 2.32. The van der Waals surface area contributed by atoms with E-state index in [1.165, 1.54) is 11.5 Å². The van der Waals surface area contributed by atoms with Crippen LogP contribution in [-0.4, -0.2) is 53.3 Å². The zero-order chi connectivity index (χ0) is 16.2. The molecule has 0 spiro atoms. The smallest absolute Gasteiger partial charge is 0.317 e. The average molecular weight is 320 g/mol. The van der Waals surface area contributed by atoms with Crippen LogP contribution in [0.5, 0.6) is 0 Å². The topological polar surface area (TPSA) is 59.4 Å². The summed E-state index contributed by atoms with van der Waals surface area (Å²) in [5, 5.41) is 2.94. The molecule has 0 unspecified atom stereocenters. The first-order chi connectivity index (χ1) is 11.2. The monoisotopic (exact) mass is 320 g/mol. The number of imidazole rings is 1. The molecular formula is C17H28N4O2. The molecule has 2 amide bonds. The van der Waals surface area contributed by atoms with E-state index in [2.05, 4.69) is 28.7 Å². The van der Waals surface area contributed by atoms with Crippen molar-refractivity contribution in [2.75, 3.05) is 32.8 Å². The lowest BCUT2D eigenvalue weighted by atomic mass is 9.97. The summed E-state index contributed by atoms with van der Waals surface area (Å²) in [5.41, 5.74) is 1.22. The van der Waals surface area contributed by atoms with E-state index in [0.29, 0.717) is 11.8 Å². The Balaban J connectivity index is 1.55. The Morgan fingerprint density at radius 1 is 1.39 bits per heavy atom. The molecule has 1 aromatic heterocycles. The molecule has 0 aliphatic carbocycles. The molecule has 0 bridgehead atoms. The first-order valence-corrected chi connectivity index (χ1v) is 8.81. The Kier molecular flexibility index (Phi) is 5.20. The lowest BCUT2D eigenvalue weighted by molar-refractivity contribution is 0.0808. The summed E-state index contributed by atoms with van der Waals surface area (Å²) >= 11 is 0.